The lowest BCUT2D eigenvalue weighted by Gasteiger charge is -2.16. The molecular weight excluding hydrogens is 364 g/mol. The Bertz CT molecular complexity index is 1070. The molecule has 29 heavy (non-hydrogen) atoms. The van der Waals surface area contributed by atoms with E-state index in [4.69, 9.17) is 0 Å². The predicted molar refractivity (Wildman–Crippen MR) is 114 cm³/mol. The number of carbonyl (C=O) groups is 1. The summed E-state index contributed by atoms with van der Waals surface area (Å²) < 4.78 is 3.43. The number of nitrogens with zero attached hydrogens (tertiary/aromatic N) is 3. The van der Waals surface area contributed by atoms with Crippen LogP contribution in [0.3, 0.4) is 0 Å². The minimum Gasteiger partial charge on any atom is -0.352 e. The number of hydrogen-bond acceptors (Lipinski definition) is 3. The summed E-state index contributed by atoms with van der Waals surface area (Å²) in [6.45, 7) is 3.94. The van der Waals surface area contributed by atoms with Gasteiger partial charge in [-0.2, -0.15) is 0 Å². The van der Waals surface area contributed by atoms with Gasteiger partial charge in [0.25, 0.3) is 5.56 Å². The Morgan fingerprint density at radius 1 is 1.10 bits per heavy atom. The Kier molecular flexibility index (Phi) is 5.51. The third kappa shape index (κ3) is 3.84. The fourth-order valence-corrected chi connectivity index (χ4v) is 4.34. The monoisotopic (exact) mass is 392 g/mol. The number of rotatable bonds is 4. The minimum absolute atomic E-state index is 0.00722. The maximum Gasteiger partial charge on any atom is 0.263 e. The number of fused-ring (bicyclic) bond motifs is 1. The molecule has 2 aromatic heterocycles. The van der Waals surface area contributed by atoms with Gasteiger partial charge >= 0.3 is 0 Å². The largest absolute Gasteiger partial charge is 0.352 e. The number of aryl methyl sites for hydroxylation is 1. The van der Waals surface area contributed by atoms with Gasteiger partial charge in [-0.25, -0.2) is 4.98 Å². The van der Waals surface area contributed by atoms with Crippen molar-refractivity contribution in [1.82, 2.24) is 19.4 Å². The molecule has 0 atom stereocenters. The number of hydrogen-bond donors (Lipinski definition) is 1. The lowest BCUT2D eigenvalue weighted by molar-refractivity contribution is -0.122. The standard InChI is InChI=1S/C23H28N4O2/c1-16-17(2)27(19-12-8-5-9-13-19)22-21(16)23(29)26(15-24-22)14-20(28)25-18-10-6-3-4-7-11-18/h5,8-9,12-13,15,18H,3-4,6-7,10-11,14H2,1-2H3,(H,25,28). The van der Waals surface area contributed by atoms with Crippen LogP contribution in [0, 0.1) is 13.8 Å². The molecule has 0 bridgehead atoms. The maximum atomic E-state index is 13.2. The molecule has 4 rings (SSSR count). The summed E-state index contributed by atoms with van der Waals surface area (Å²) in [7, 11) is 0. The van der Waals surface area contributed by atoms with Crippen molar-refractivity contribution in [3.63, 3.8) is 0 Å². The van der Waals surface area contributed by atoms with Gasteiger partial charge in [-0.1, -0.05) is 43.9 Å². The molecule has 0 radical (unpaired) electrons. The zero-order chi connectivity index (χ0) is 20.4. The van der Waals surface area contributed by atoms with E-state index in [0.29, 0.717) is 11.0 Å². The molecule has 1 amide bonds. The maximum absolute atomic E-state index is 13.2. The molecule has 152 valence electrons. The summed E-state index contributed by atoms with van der Waals surface area (Å²) in [5, 5.41) is 3.69. The van der Waals surface area contributed by atoms with Gasteiger partial charge < -0.3 is 5.32 Å². The average Bonchev–Trinajstić information content (AvgIpc) is 2.87. The lowest BCUT2D eigenvalue weighted by atomic mass is 10.1. The molecule has 3 aromatic rings. The van der Waals surface area contributed by atoms with Crippen LogP contribution in [0.2, 0.25) is 0 Å². The van der Waals surface area contributed by atoms with E-state index in [-0.39, 0.29) is 24.1 Å². The molecular formula is C23H28N4O2. The van der Waals surface area contributed by atoms with Crippen LogP contribution in [0.25, 0.3) is 16.7 Å². The Morgan fingerprint density at radius 3 is 2.48 bits per heavy atom. The number of amides is 1. The molecule has 6 heteroatoms. The molecule has 1 N–H and O–H groups in total. The molecule has 1 aliphatic rings. The van der Waals surface area contributed by atoms with Crippen LogP contribution in [0.5, 0.6) is 0 Å². The minimum atomic E-state index is -0.165. The Morgan fingerprint density at radius 2 is 1.79 bits per heavy atom. The smallest absolute Gasteiger partial charge is 0.263 e. The van der Waals surface area contributed by atoms with Crippen LogP contribution in [0.15, 0.2) is 41.5 Å². The third-order valence-electron chi connectivity index (χ3n) is 6.03. The predicted octanol–water partition coefficient (Wildman–Crippen LogP) is 3.64. The highest BCUT2D eigenvalue weighted by Gasteiger charge is 2.19. The van der Waals surface area contributed by atoms with E-state index < -0.39 is 0 Å². The van der Waals surface area contributed by atoms with Crippen molar-refractivity contribution in [1.29, 1.82) is 0 Å². The van der Waals surface area contributed by atoms with Crippen LogP contribution in [-0.4, -0.2) is 26.1 Å². The molecule has 1 aromatic carbocycles. The summed E-state index contributed by atoms with van der Waals surface area (Å²) in [6.07, 6.45) is 8.34. The fraction of sp³-hybridized carbons (Fsp3) is 0.435. The molecule has 1 aliphatic carbocycles. The molecule has 1 saturated carbocycles. The lowest BCUT2D eigenvalue weighted by Crippen LogP contribution is -2.38. The van der Waals surface area contributed by atoms with E-state index in [1.165, 1.54) is 23.7 Å². The van der Waals surface area contributed by atoms with Crippen LogP contribution in [0.1, 0.15) is 49.8 Å². The molecule has 6 nitrogen and oxygen atoms in total. The van der Waals surface area contributed by atoms with Gasteiger partial charge in [0.2, 0.25) is 5.91 Å². The van der Waals surface area contributed by atoms with E-state index in [9.17, 15) is 9.59 Å². The van der Waals surface area contributed by atoms with Gasteiger partial charge in [-0.05, 0) is 44.4 Å². The van der Waals surface area contributed by atoms with Crippen molar-refractivity contribution >= 4 is 16.9 Å². The van der Waals surface area contributed by atoms with Gasteiger partial charge in [0.15, 0.2) is 5.65 Å². The second-order valence-electron chi connectivity index (χ2n) is 8.01. The van der Waals surface area contributed by atoms with Crippen molar-refractivity contribution in [2.75, 3.05) is 0 Å². The molecule has 2 heterocycles. The van der Waals surface area contributed by atoms with Crippen molar-refractivity contribution in [3.8, 4) is 5.69 Å². The number of aromatic nitrogens is 3. The summed E-state index contributed by atoms with van der Waals surface area (Å²) in [4.78, 5) is 30.3. The van der Waals surface area contributed by atoms with Crippen molar-refractivity contribution in [2.24, 2.45) is 0 Å². The summed E-state index contributed by atoms with van der Waals surface area (Å²) in [5.41, 5.74) is 3.33. The summed E-state index contributed by atoms with van der Waals surface area (Å²) in [5.74, 6) is -0.114. The number of para-hydroxylation sites is 1. The number of benzene rings is 1. The van der Waals surface area contributed by atoms with Crippen molar-refractivity contribution in [2.45, 2.75) is 65.0 Å². The van der Waals surface area contributed by atoms with Crippen LogP contribution in [-0.2, 0) is 11.3 Å². The van der Waals surface area contributed by atoms with Crippen LogP contribution in [0.4, 0.5) is 0 Å². The topological polar surface area (TPSA) is 68.9 Å². The van der Waals surface area contributed by atoms with E-state index >= 15 is 0 Å². The first-order valence-electron chi connectivity index (χ1n) is 10.5. The van der Waals surface area contributed by atoms with Gasteiger partial charge in [0.05, 0.1) is 5.39 Å². The highest BCUT2D eigenvalue weighted by molar-refractivity contribution is 5.83. The van der Waals surface area contributed by atoms with Gasteiger partial charge in [-0.15, -0.1) is 0 Å². The number of nitrogens with one attached hydrogen (secondary N) is 1. The molecule has 0 unspecified atom stereocenters. The average molecular weight is 393 g/mol. The highest BCUT2D eigenvalue weighted by atomic mass is 16.2. The van der Waals surface area contributed by atoms with E-state index in [2.05, 4.69) is 10.3 Å². The normalized spacial score (nSPS) is 15.4. The SMILES string of the molecule is Cc1c(C)n(-c2ccccc2)c2ncn(CC(=O)NC3CCCCCC3)c(=O)c12. The van der Waals surface area contributed by atoms with Gasteiger partial charge in [0.1, 0.15) is 12.9 Å². The molecule has 0 saturated heterocycles. The second-order valence-corrected chi connectivity index (χ2v) is 8.01. The zero-order valence-corrected chi connectivity index (χ0v) is 17.1. The Hall–Kier alpha value is -2.89. The molecule has 0 aliphatic heterocycles. The quantitative estimate of drug-likeness (QED) is 0.689. The van der Waals surface area contributed by atoms with Crippen molar-refractivity contribution in [3.05, 3.63) is 58.3 Å². The highest BCUT2D eigenvalue weighted by Crippen LogP contribution is 2.24. The van der Waals surface area contributed by atoms with Crippen molar-refractivity contribution < 1.29 is 4.79 Å². The number of carbonyl (C=O) groups excluding carboxylic acids is 1. The Labute approximate surface area is 170 Å². The van der Waals surface area contributed by atoms with Crippen LogP contribution >= 0.6 is 0 Å². The molecule has 0 spiro atoms. The first-order valence-corrected chi connectivity index (χ1v) is 10.5. The fourth-order valence-electron chi connectivity index (χ4n) is 4.34. The van der Waals surface area contributed by atoms with Gasteiger partial charge in [0, 0.05) is 17.4 Å². The summed E-state index contributed by atoms with van der Waals surface area (Å²) in [6, 6.07) is 10.1. The molecule has 1 fully saturated rings. The first-order chi connectivity index (χ1) is 14.1. The van der Waals surface area contributed by atoms with Gasteiger partial charge in [-0.3, -0.25) is 18.7 Å². The van der Waals surface area contributed by atoms with E-state index in [1.54, 1.807) is 0 Å². The third-order valence-corrected chi connectivity index (χ3v) is 6.03. The second kappa shape index (κ2) is 8.23. The first kappa shape index (κ1) is 19.4. The van der Waals surface area contributed by atoms with Crippen LogP contribution < -0.4 is 10.9 Å². The Balaban J connectivity index is 1.64. The zero-order valence-electron chi connectivity index (χ0n) is 17.1. The van der Waals surface area contributed by atoms with E-state index in [1.807, 2.05) is 48.7 Å². The van der Waals surface area contributed by atoms with E-state index in [0.717, 1.165) is 42.6 Å². The summed E-state index contributed by atoms with van der Waals surface area (Å²) >= 11 is 0.